The van der Waals surface area contributed by atoms with Crippen LogP contribution in [-0.4, -0.2) is 17.1 Å². The van der Waals surface area contributed by atoms with Crippen molar-refractivity contribution in [3.63, 3.8) is 0 Å². The van der Waals surface area contributed by atoms with Crippen LogP contribution in [0.25, 0.3) is 0 Å². The first-order valence-corrected chi connectivity index (χ1v) is 8.57. The minimum Gasteiger partial charge on any atom is -0.479 e. The van der Waals surface area contributed by atoms with Crippen molar-refractivity contribution in [1.82, 2.24) is 10.9 Å². The second-order valence-electron chi connectivity index (χ2n) is 5.27. The first kappa shape index (κ1) is 19.3. The Hall–Kier alpha value is -2.02. The highest BCUT2D eigenvalue weighted by Gasteiger charge is 2.16. The number of anilines is 1. The summed E-state index contributed by atoms with van der Waals surface area (Å²) in [6.45, 7) is 3.59. The normalized spacial score (nSPS) is 11.4. The number of rotatable bonds is 4. The molecule has 0 saturated carbocycles. The maximum atomic E-state index is 12.1. The van der Waals surface area contributed by atoms with E-state index in [4.69, 9.17) is 40.2 Å². The van der Waals surface area contributed by atoms with E-state index in [9.17, 15) is 4.79 Å². The van der Waals surface area contributed by atoms with E-state index in [1.54, 1.807) is 25.1 Å². The van der Waals surface area contributed by atoms with Crippen LogP contribution in [0.5, 0.6) is 5.75 Å². The van der Waals surface area contributed by atoms with Crippen LogP contribution in [0, 0.1) is 6.92 Å². The van der Waals surface area contributed by atoms with Gasteiger partial charge in [-0.15, -0.1) is 0 Å². The molecule has 0 aliphatic heterocycles. The molecule has 8 heteroatoms. The van der Waals surface area contributed by atoms with Crippen LogP contribution >= 0.6 is 35.4 Å². The summed E-state index contributed by atoms with van der Waals surface area (Å²) in [6.07, 6.45) is -0.784. The fourth-order valence-electron chi connectivity index (χ4n) is 1.83. The Kier molecular flexibility index (Phi) is 6.87. The minimum absolute atomic E-state index is 0.258. The van der Waals surface area contributed by atoms with Crippen molar-refractivity contribution in [3.8, 4) is 5.75 Å². The van der Waals surface area contributed by atoms with Gasteiger partial charge >= 0.3 is 0 Å². The van der Waals surface area contributed by atoms with Gasteiger partial charge in [0.1, 0.15) is 5.75 Å². The van der Waals surface area contributed by atoms with Crippen LogP contribution in [0.1, 0.15) is 12.5 Å². The van der Waals surface area contributed by atoms with E-state index in [0.717, 1.165) is 11.3 Å². The fraction of sp³-hybridized carbons (Fsp3) is 0.176. The van der Waals surface area contributed by atoms with Crippen LogP contribution in [-0.2, 0) is 4.79 Å². The molecule has 5 nitrogen and oxygen atoms in total. The summed E-state index contributed by atoms with van der Waals surface area (Å²) in [5.41, 5.74) is 7.06. The predicted molar refractivity (Wildman–Crippen MR) is 105 cm³/mol. The molecule has 132 valence electrons. The average Bonchev–Trinajstić information content (AvgIpc) is 2.57. The molecule has 1 amide bonds. The van der Waals surface area contributed by atoms with Crippen molar-refractivity contribution >= 4 is 52.1 Å². The lowest BCUT2D eigenvalue weighted by Gasteiger charge is -2.17. The summed E-state index contributed by atoms with van der Waals surface area (Å²) in [5.74, 6) is -0.0341. The fourth-order valence-corrected chi connectivity index (χ4v) is 2.46. The summed E-state index contributed by atoms with van der Waals surface area (Å²) >= 11 is 17.0. The first-order chi connectivity index (χ1) is 11.8. The molecular formula is C17H17Cl2N3O2S. The van der Waals surface area contributed by atoms with E-state index in [0.29, 0.717) is 15.8 Å². The minimum atomic E-state index is -0.784. The summed E-state index contributed by atoms with van der Waals surface area (Å²) in [6, 6.07) is 12.5. The monoisotopic (exact) mass is 397 g/mol. The highest BCUT2D eigenvalue weighted by atomic mass is 35.5. The van der Waals surface area contributed by atoms with Crippen LogP contribution in [0.2, 0.25) is 10.0 Å². The lowest BCUT2D eigenvalue weighted by Crippen LogP contribution is -2.48. The maximum Gasteiger partial charge on any atom is 0.279 e. The van der Waals surface area contributed by atoms with Crippen LogP contribution < -0.4 is 20.9 Å². The van der Waals surface area contributed by atoms with Crippen molar-refractivity contribution in [3.05, 3.63) is 58.1 Å². The van der Waals surface area contributed by atoms with Gasteiger partial charge in [0.15, 0.2) is 11.2 Å². The number of ether oxygens (including phenoxy) is 1. The van der Waals surface area contributed by atoms with Gasteiger partial charge in [-0.25, -0.2) is 0 Å². The summed E-state index contributed by atoms with van der Waals surface area (Å²) in [4.78, 5) is 12.1. The zero-order valence-electron chi connectivity index (χ0n) is 13.6. The maximum absolute atomic E-state index is 12.1. The molecule has 1 atom stereocenters. The summed E-state index contributed by atoms with van der Waals surface area (Å²) in [5, 5.41) is 4.04. The predicted octanol–water partition coefficient (Wildman–Crippen LogP) is 4.09. The van der Waals surface area contributed by atoms with Gasteiger partial charge in [-0.05, 0) is 56.4 Å². The first-order valence-electron chi connectivity index (χ1n) is 7.40. The van der Waals surface area contributed by atoms with E-state index in [-0.39, 0.29) is 5.11 Å². The smallest absolute Gasteiger partial charge is 0.279 e. The molecule has 3 N–H and O–H groups in total. The molecule has 2 rings (SSSR count). The van der Waals surface area contributed by atoms with E-state index < -0.39 is 12.0 Å². The molecule has 0 aliphatic carbocycles. The molecular weight excluding hydrogens is 381 g/mol. The van der Waals surface area contributed by atoms with Gasteiger partial charge in [0, 0.05) is 10.7 Å². The molecule has 1 unspecified atom stereocenters. The highest BCUT2D eigenvalue weighted by Crippen LogP contribution is 2.28. The van der Waals surface area contributed by atoms with E-state index >= 15 is 0 Å². The Morgan fingerprint density at radius 3 is 2.44 bits per heavy atom. The van der Waals surface area contributed by atoms with Gasteiger partial charge < -0.3 is 10.1 Å². The number of carbonyl (C=O) groups is 1. The van der Waals surface area contributed by atoms with Gasteiger partial charge in [0.2, 0.25) is 0 Å². The Morgan fingerprint density at radius 2 is 1.80 bits per heavy atom. The van der Waals surface area contributed by atoms with Crippen molar-refractivity contribution in [2.75, 3.05) is 5.32 Å². The van der Waals surface area contributed by atoms with Crippen LogP contribution in [0.3, 0.4) is 0 Å². The summed E-state index contributed by atoms with van der Waals surface area (Å²) in [7, 11) is 0. The third kappa shape index (κ3) is 6.08. The lowest BCUT2D eigenvalue weighted by atomic mass is 10.2. The molecule has 2 aromatic rings. The third-order valence-electron chi connectivity index (χ3n) is 3.18. The molecule has 0 spiro atoms. The van der Waals surface area contributed by atoms with Gasteiger partial charge in [0.25, 0.3) is 5.91 Å². The number of hydrogen-bond donors (Lipinski definition) is 3. The topological polar surface area (TPSA) is 62.4 Å². The van der Waals surface area contributed by atoms with Gasteiger partial charge in [-0.3, -0.25) is 15.6 Å². The number of carbonyl (C=O) groups excluding carboxylic acids is 1. The van der Waals surface area contributed by atoms with E-state index in [1.807, 2.05) is 31.2 Å². The number of hydrazine groups is 1. The van der Waals surface area contributed by atoms with Crippen molar-refractivity contribution < 1.29 is 9.53 Å². The molecule has 0 saturated heterocycles. The zero-order valence-corrected chi connectivity index (χ0v) is 15.9. The number of aryl methyl sites for hydroxylation is 1. The molecule has 2 aromatic carbocycles. The second kappa shape index (κ2) is 8.89. The third-order valence-corrected chi connectivity index (χ3v) is 3.91. The molecule has 25 heavy (non-hydrogen) atoms. The Labute approximate surface area is 161 Å². The van der Waals surface area contributed by atoms with E-state index in [2.05, 4.69) is 16.2 Å². The van der Waals surface area contributed by atoms with Gasteiger partial charge in [-0.2, -0.15) is 0 Å². The van der Waals surface area contributed by atoms with Gasteiger partial charge in [0.05, 0.1) is 5.02 Å². The van der Waals surface area contributed by atoms with Crippen LogP contribution in [0.15, 0.2) is 42.5 Å². The number of hydrogen-bond acceptors (Lipinski definition) is 3. The Balaban J connectivity index is 1.82. The lowest BCUT2D eigenvalue weighted by molar-refractivity contribution is -0.127. The molecule has 0 radical (unpaired) electrons. The van der Waals surface area contributed by atoms with Crippen molar-refractivity contribution in [2.45, 2.75) is 20.0 Å². The molecule has 0 heterocycles. The Bertz CT molecular complexity index is 769. The van der Waals surface area contributed by atoms with Crippen molar-refractivity contribution in [2.24, 2.45) is 0 Å². The largest absolute Gasteiger partial charge is 0.479 e. The number of halogens is 2. The van der Waals surface area contributed by atoms with Gasteiger partial charge in [-0.1, -0.05) is 40.9 Å². The second-order valence-corrected chi connectivity index (χ2v) is 6.52. The number of thiocarbonyl (C=S) groups is 1. The molecule has 0 bridgehead atoms. The molecule has 0 fully saturated rings. The number of benzene rings is 2. The average molecular weight is 398 g/mol. The standard InChI is InChI=1S/C17H17Cl2N3O2S/c1-10-3-6-13(7-4-10)20-17(25)22-21-16(23)11(2)24-15-8-5-12(18)9-14(15)19/h3-9,11H,1-2H3,(H,21,23)(H2,20,22,25). The Morgan fingerprint density at radius 1 is 1.12 bits per heavy atom. The molecule has 0 aromatic heterocycles. The SMILES string of the molecule is Cc1ccc(NC(=S)NNC(=O)C(C)Oc2ccc(Cl)cc2Cl)cc1. The van der Waals surface area contributed by atoms with Crippen LogP contribution in [0.4, 0.5) is 5.69 Å². The number of nitrogens with one attached hydrogen (secondary N) is 3. The molecule has 0 aliphatic rings. The highest BCUT2D eigenvalue weighted by molar-refractivity contribution is 7.80. The van der Waals surface area contributed by atoms with Crippen molar-refractivity contribution in [1.29, 1.82) is 0 Å². The number of amides is 1. The zero-order chi connectivity index (χ0) is 18.4. The summed E-state index contributed by atoms with van der Waals surface area (Å²) < 4.78 is 5.52. The van der Waals surface area contributed by atoms with E-state index in [1.165, 1.54) is 0 Å². The quantitative estimate of drug-likeness (QED) is 0.535.